The minimum Gasteiger partial charge on any atom is -0.329 e. The smallest absolute Gasteiger partial charge is 0.329 e. The van der Waals surface area contributed by atoms with Gasteiger partial charge in [-0.15, -0.1) is 0 Å². The Morgan fingerprint density at radius 2 is 1.66 bits per heavy atom. The molecule has 1 heterocycles. The first-order valence-corrected chi connectivity index (χ1v) is 9.63. The average molecular weight is 444 g/mol. The van der Waals surface area contributed by atoms with Gasteiger partial charge in [-0.25, -0.2) is 9.18 Å². The van der Waals surface area contributed by atoms with Gasteiger partial charge in [0.1, 0.15) is 5.82 Å². The number of fused-ring (bicyclic) bond motifs is 1. The van der Waals surface area contributed by atoms with E-state index in [1.807, 2.05) is 18.2 Å². The number of hydroxylamine groups is 2. The third-order valence-electron chi connectivity index (χ3n) is 5.20. The summed E-state index contributed by atoms with van der Waals surface area (Å²) in [6, 6.07) is 12.5. The lowest BCUT2D eigenvalue weighted by atomic mass is 9.98. The summed E-state index contributed by atoms with van der Waals surface area (Å²) in [5, 5.41) is 0.458. The zero-order valence-corrected chi connectivity index (χ0v) is 16.5. The lowest BCUT2D eigenvalue weighted by Gasteiger charge is -2.27. The van der Waals surface area contributed by atoms with Gasteiger partial charge in [0.15, 0.2) is 0 Å². The zero-order valence-electron chi connectivity index (χ0n) is 16.5. The van der Waals surface area contributed by atoms with Crippen molar-refractivity contribution in [2.75, 3.05) is 0 Å². The predicted octanol–water partition coefficient (Wildman–Crippen LogP) is 4.52. The number of pyridine rings is 1. The molecule has 0 saturated carbocycles. The van der Waals surface area contributed by atoms with E-state index in [2.05, 4.69) is 9.82 Å². The number of halogens is 4. The van der Waals surface area contributed by atoms with Crippen molar-refractivity contribution in [1.82, 2.24) is 10.0 Å². The molecule has 0 radical (unpaired) electrons. The van der Waals surface area contributed by atoms with E-state index in [0.717, 1.165) is 46.5 Å². The highest BCUT2D eigenvalue weighted by molar-refractivity contribution is 5.94. The van der Waals surface area contributed by atoms with Gasteiger partial charge in [-0.3, -0.25) is 9.78 Å². The van der Waals surface area contributed by atoms with E-state index in [1.54, 1.807) is 24.5 Å². The van der Waals surface area contributed by atoms with Crippen molar-refractivity contribution in [3.63, 3.8) is 0 Å². The van der Waals surface area contributed by atoms with Gasteiger partial charge < -0.3 is 4.84 Å². The van der Waals surface area contributed by atoms with Crippen molar-refractivity contribution >= 4 is 11.9 Å². The maximum atomic E-state index is 13.2. The molecule has 1 unspecified atom stereocenters. The Morgan fingerprint density at radius 1 is 0.969 bits per heavy atom. The summed E-state index contributed by atoms with van der Waals surface area (Å²) < 4.78 is 51.9. The Kier molecular flexibility index (Phi) is 5.65. The minimum atomic E-state index is -5.28. The van der Waals surface area contributed by atoms with Crippen LogP contribution in [0, 0.1) is 5.82 Å². The van der Waals surface area contributed by atoms with Crippen molar-refractivity contribution in [2.45, 2.75) is 25.1 Å². The van der Waals surface area contributed by atoms with E-state index in [9.17, 15) is 27.2 Å². The molecule has 0 saturated heterocycles. The second kappa shape index (κ2) is 8.41. The molecule has 1 aliphatic rings. The molecular weight excluding hydrogens is 428 g/mol. The fourth-order valence-electron chi connectivity index (χ4n) is 3.74. The maximum Gasteiger partial charge on any atom is 0.493 e. The van der Waals surface area contributed by atoms with Crippen LogP contribution < -0.4 is 0 Å². The van der Waals surface area contributed by atoms with Crippen molar-refractivity contribution in [3.8, 4) is 11.1 Å². The molecule has 0 spiro atoms. The number of hydrogen-bond donors (Lipinski definition) is 0. The molecule has 32 heavy (non-hydrogen) atoms. The second-order valence-corrected chi connectivity index (χ2v) is 7.26. The van der Waals surface area contributed by atoms with Crippen LogP contribution in [0.5, 0.6) is 0 Å². The number of carbonyl (C=O) groups excluding carboxylic acids is 2. The van der Waals surface area contributed by atoms with Crippen LogP contribution in [0.4, 0.5) is 17.6 Å². The maximum absolute atomic E-state index is 13.2. The van der Waals surface area contributed by atoms with Gasteiger partial charge in [0.05, 0.1) is 6.04 Å². The molecule has 0 bridgehead atoms. The van der Waals surface area contributed by atoms with E-state index in [-0.39, 0.29) is 18.4 Å². The summed E-state index contributed by atoms with van der Waals surface area (Å²) in [6.07, 6.45) is -1.68. The number of nitrogens with zero attached hydrogens (tertiary/aromatic N) is 2. The van der Waals surface area contributed by atoms with Gasteiger partial charge in [-0.1, -0.05) is 18.2 Å². The summed E-state index contributed by atoms with van der Waals surface area (Å²) in [7, 11) is 0. The number of benzene rings is 2. The Morgan fingerprint density at radius 3 is 2.31 bits per heavy atom. The van der Waals surface area contributed by atoms with Crippen LogP contribution in [0.2, 0.25) is 0 Å². The monoisotopic (exact) mass is 444 g/mol. The quantitative estimate of drug-likeness (QED) is 0.440. The van der Waals surface area contributed by atoms with Crippen molar-refractivity contribution in [2.24, 2.45) is 0 Å². The highest BCUT2D eigenvalue weighted by Crippen LogP contribution is 2.35. The van der Waals surface area contributed by atoms with Crippen LogP contribution in [-0.4, -0.2) is 34.1 Å². The van der Waals surface area contributed by atoms with Crippen LogP contribution in [0.15, 0.2) is 67.0 Å². The van der Waals surface area contributed by atoms with Gasteiger partial charge >= 0.3 is 12.1 Å². The summed E-state index contributed by atoms with van der Waals surface area (Å²) in [4.78, 5) is 33.1. The van der Waals surface area contributed by atoms with Crippen LogP contribution in [0.25, 0.3) is 11.1 Å². The van der Waals surface area contributed by atoms with Crippen molar-refractivity contribution < 1.29 is 32.0 Å². The number of aromatic nitrogens is 1. The number of hydrogen-bond acceptors (Lipinski definition) is 4. The summed E-state index contributed by atoms with van der Waals surface area (Å²) >= 11 is 0. The second-order valence-electron chi connectivity index (χ2n) is 7.26. The first-order chi connectivity index (χ1) is 15.2. The van der Waals surface area contributed by atoms with Gasteiger partial charge in [0.25, 0.3) is 5.91 Å². The molecule has 1 amide bonds. The summed E-state index contributed by atoms with van der Waals surface area (Å²) in [5.74, 6) is -4.08. The minimum absolute atomic E-state index is 0.105. The number of alkyl halides is 3. The highest BCUT2D eigenvalue weighted by atomic mass is 19.4. The van der Waals surface area contributed by atoms with Gasteiger partial charge in [-0.2, -0.15) is 18.2 Å². The summed E-state index contributed by atoms with van der Waals surface area (Å²) in [5.41, 5.74) is 3.27. The molecule has 1 aromatic heterocycles. The number of rotatable bonds is 3. The Bertz CT molecular complexity index is 1150. The van der Waals surface area contributed by atoms with Gasteiger partial charge in [0, 0.05) is 18.0 Å². The first-order valence-electron chi connectivity index (χ1n) is 9.63. The predicted molar refractivity (Wildman–Crippen MR) is 106 cm³/mol. The molecule has 0 fully saturated rings. The van der Waals surface area contributed by atoms with E-state index in [0.29, 0.717) is 5.06 Å². The van der Waals surface area contributed by atoms with Crippen molar-refractivity contribution in [1.29, 1.82) is 0 Å². The molecule has 9 heteroatoms. The van der Waals surface area contributed by atoms with Gasteiger partial charge in [0.2, 0.25) is 0 Å². The van der Waals surface area contributed by atoms with Gasteiger partial charge in [-0.05, 0) is 71.5 Å². The third kappa shape index (κ3) is 4.32. The van der Waals surface area contributed by atoms with Crippen molar-refractivity contribution in [3.05, 3.63) is 89.5 Å². The highest BCUT2D eigenvalue weighted by Gasteiger charge is 2.45. The topological polar surface area (TPSA) is 59.5 Å². The largest absolute Gasteiger partial charge is 0.493 e. The third-order valence-corrected chi connectivity index (χ3v) is 5.20. The van der Waals surface area contributed by atoms with Crippen LogP contribution in [-0.2, 0) is 22.5 Å². The number of amides is 1. The van der Waals surface area contributed by atoms with E-state index in [1.165, 1.54) is 0 Å². The first kappa shape index (κ1) is 21.5. The zero-order chi connectivity index (χ0) is 22.9. The van der Waals surface area contributed by atoms with E-state index >= 15 is 0 Å². The molecule has 0 aliphatic heterocycles. The molecule has 0 N–H and O–H groups in total. The van der Waals surface area contributed by atoms with Crippen LogP contribution in [0.1, 0.15) is 21.5 Å². The van der Waals surface area contributed by atoms with E-state index < -0.39 is 29.9 Å². The standard InChI is InChI=1S/C23H16F4N2O3/c24-17-6-4-15(5-7-17)21(30)29(32-22(31)23(25,26)27)18-12-16-2-1-3-19(20(16)13-18)14-8-10-28-11-9-14/h1-11,18H,12-13H2. The molecular formula is C23H16F4N2O3. The molecule has 1 atom stereocenters. The Hall–Kier alpha value is -3.75. The Labute approximate surface area is 180 Å². The lowest BCUT2D eigenvalue weighted by Crippen LogP contribution is -2.45. The lowest BCUT2D eigenvalue weighted by molar-refractivity contribution is -0.233. The normalized spacial score (nSPS) is 15.2. The molecule has 5 nitrogen and oxygen atoms in total. The fourth-order valence-corrected chi connectivity index (χ4v) is 3.74. The number of carbonyl (C=O) groups is 2. The molecule has 4 rings (SSSR count). The SMILES string of the molecule is O=C(c1ccc(F)cc1)N(OC(=O)C(F)(F)F)C1Cc2cccc(-c3ccncc3)c2C1. The van der Waals surface area contributed by atoms with Crippen LogP contribution in [0.3, 0.4) is 0 Å². The fraction of sp³-hybridized carbons (Fsp3) is 0.174. The molecule has 3 aromatic rings. The van der Waals surface area contributed by atoms with Crippen LogP contribution >= 0.6 is 0 Å². The molecule has 164 valence electrons. The Balaban J connectivity index is 1.67. The molecule has 2 aromatic carbocycles. The molecule has 1 aliphatic carbocycles. The summed E-state index contributed by atoms with van der Waals surface area (Å²) in [6.45, 7) is 0. The van der Waals surface area contributed by atoms with E-state index in [4.69, 9.17) is 0 Å². The average Bonchev–Trinajstić information content (AvgIpc) is 3.21.